The van der Waals surface area contributed by atoms with Crippen LogP contribution in [0.25, 0.3) is 21.9 Å². The van der Waals surface area contributed by atoms with Crippen LogP contribution in [0.4, 0.5) is 0 Å². The van der Waals surface area contributed by atoms with Gasteiger partial charge in [-0.25, -0.2) is 0 Å². The summed E-state index contributed by atoms with van der Waals surface area (Å²) in [6, 6.07) is 36.4. The Morgan fingerprint density at radius 3 is 2.00 bits per heavy atom. The van der Waals surface area contributed by atoms with Crippen molar-refractivity contribution in [3.8, 4) is 22.6 Å². The summed E-state index contributed by atoms with van der Waals surface area (Å²) in [6.07, 6.45) is 0. The summed E-state index contributed by atoms with van der Waals surface area (Å²) in [5.41, 5.74) is 7.01. The number of halogens is 1. The van der Waals surface area contributed by atoms with Gasteiger partial charge in [0, 0.05) is 21.5 Å². The van der Waals surface area contributed by atoms with Crippen LogP contribution < -0.4 is 4.74 Å². The molecule has 1 aliphatic carbocycles. The molecule has 0 N–H and O–H groups in total. The molecule has 0 atom stereocenters. The summed E-state index contributed by atoms with van der Waals surface area (Å²) in [5.74, 6) is 1.74. The Morgan fingerprint density at radius 2 is 1.23 bits per heavy atom. The molecule has 0 amide bonds. The highest BCUT2D eigenvalue weighted by Crippen LogP contribution is 2.62. The Bertz CT molecular complexity index is 1490. The molecular weight excluding hydrogens is 400 g/mol. The van der Waals surface area contributed by atoms with Crippen LogP contribution in [0.3, 0.4) is 0 Å². The minimum atomic E-state index is -0.440. The summed E-state index contributed by atoms with van der Waals surface area (Å²) in [6.45, 7) is 0. The van der Waals surface area contributed by atoms with Gasteiger partial charge in [0.15, 0.2) is 0 Å². The van der Waals surface area contributed by atoms with Crippen molar-refractivity contribution in [2.24, 2.45) is 0 Å². The predicted octanol–water partition coefficient (Wildman–Crippen LogP) is 7.96. The fourth-order valence-electron chi connectivity index (χ4n) is 5.61. The molecule has 31 heavy (non-hydrogen) atoms. The Labute approximate surface area is 185 Å². The van der Waals surface area contributed by atoms with Crippen molar-refractivity contribution in [2.75, 3.05) is 0 Å². The minimum absolute atomic E-state index is 0.440. The third-order valence-corrected chi connectivity index (χ3v) is 7.03. The molecule has 1 spiro atoms. The maximum atomic E-state index is 6.60. The summed E-state index contributed by atoms with van der Waals surface area (Å²) in [5, 5.41) is 2.96. The van der Waals surface area contributed by atoms with Crippen LogP contribution in [0, 0.1) is 0 Å². The first kappa shape index (κ1) is 17.2. The van der Waals surface area contributed by atoms with Crippen molar-refractivity contribution in [2.45, 2.75) is 5.41 Å². The highest BCUT2D eigenvalue weighted by Gasteiger charge is 2.51. The molecule has 0 bridgehead atoms. The number of ether oxygens (including phenoxy) is 1. The monoisotopic (exact) mass is 416 g/mol. The van der Waals surface area contributed by atoms with E-state index in [1.165, 1.54) is 33.2 Å². The van der Waals surface area contributed by atoms with Crippen molar-refractivity contribution < 1.29 is 4.74 Å². The maximum Gasteiger partial charge on any atom is 0.140 e. The van der Waals surface area contributed by atoms with Crippen molar-refractivity contribution >= 4 is 22.4 Å². The lowest BCUT2D eigenvalue weighted by molar-refractivity contribution is 0.442. The van der Waals surface area contributed by atoms with Gasteiger partial charge in [-0.3, -0.25) is 0 Å². The van der Waals surface area contributed by atoms with E-state index < -0.39 is 5.41 Å². The second-order valence-electron chi connectivity index (χ2n) is 8.25. The number of fused-ring (bicyclic) bond motifs is 11. The standard InChI is InChI=1S/C29H17ClO/c30-19-14-16-25-27(17-19)31-28-20-8-2-1-7-18(20)13-15-26(28)29(25)23-11-5-3-9-21(23)22-10-4-6-12-24(22)29/h1-17H. The van der Waals surface area contributed by atoms with Gasteiger partial charge >= 0.3 is 0 Å². The number of hydrogen-bond donors (Lipinski definition) is 0. The molecule has 1 heterocycles. The second kappa shape index (κ2) is 6.00. The van der Waals surface area contributed by atoms with Crippen molar-refractivity contribution in [1.29, 1.82) is 0 Å². The normalized spacial score (nSPS) is 14.5. The number of hydrogen-bond acceptors (Lipinski definition) is 1. The minimum Gasteiger partial charge on any atom is -0.456 e. The van der Waals surface area contributed by atoms with Crippen LogP contribution in [-0.4, -0.2) is 0 Å². The summed E-state index contributed by atoms with van der Waals surface area (Å²) >= 11 is 6.44. The highest BCUT2D eigenvalue weighted by molar-refractivity contribution is 6.30. The van der Waals surface area contributed by atoms with Crippen LogP contribution in [0.1, 0.15) is 22.3 Å². The lowest BCUT2D eigenvalue weighted by Crippen LogP contribution is -2.32. The number of rotatable bonds is 0. The molecule has 1 aliphatic heterocycles. The molecule has 0 aromatic heterocycles. The van der Waals surface area contributed by atoms with E-state index in [1.807, 2.05) is 12.1 Å². The van der Waals surface area contributed by atoms with E-state index in [9.17, 15) is 0 Å². The van der Waals surface area contributed by atoms with Crippen LogP contribution in [0.2, 0.25) is 5.02 Å². The summed E-state index contributed by atoms with van der Waals surface area (Å²) in [7, 11) is 0. The van der Waals surface area contributed by atoms with Gasteiger partial charge in [0.25, 0.3) is 0 Å². The van der Waals surface area contributed by atoms with E-state index in [4.69, 9.17) is 16.3 Å². The fourth-order valence-corrected chi connectivity index (χ4v) is 5.77. The molecule has 2 heteroatoms. The fraction of sp³-hybridized carbons (Fsp3) is 0.0345. The number of benzene rings is 5. The zero-order chi connectivity index (χ0) is 20.6. The van der Waals surface area contributed by atoms with Gasteiger partial charge in [0.1, 0.15) is 11.5 Å². The van der Waals surface area contributed by atoms with E-state index >= 15 is 0 Å². The lowest BCUT2D eigenvalue weighted by atomic mass is 9.66. The smallest absolute Gasteiger partial charge is 0.140 e. The molecule has 0 saturated carbocycles. The van der Waals surface area contributed by atoms with E-state index in [0.717, 1.165) is 22.4 Å². The van der Waals surface area contributed by atoms with Gasteiger partial charge in [0.05, 0.1) is 5.41 Å². The Kier molecular flexibility index (Phi) is 3.32. The van der Waals surface area contributed by atoms with Crippen LogP contribution in [-0.2, 0) is 5.41 Å². The summed E-state index contributed by atoms with van der Waals surface area (Å²) in [4.78, 5) is 0. The van der Waals surface area contributed by atoms with Gasteiger partial charge in [0.2, 0.25) is 0 Å². The predicted molar refractivity (Wildman–Crippen MR) is 126 cm³/mol. The van der Waals surface area contributed by atoms with Gasteiger partial charge in [-0.2, -0.15) is 0 Å². The van der Waals surface area contributed by atoms with E-state index in [1.54, 1.807) is 0 Å². The van der Waals surface area contributed by atoms with Gasteiger partial charge in [-0.15, -0.1) is 0 Å². The second-order valence-corrected chi connectivity index (χ2v) is 8.68. The molecule has 7 rings (SSSR count). The maximum absolute atomic E-state index is 6.60. The molecule has 146 valence electrons. The molecule has 0 radical (unpaired) electrons. The van der Waals surface area contributed by atoms with Crippen molar-refractivity contribution in [3.05, 3.63) is 130 Å². The third kappa shape index (κ3) is 2.07. The molecule has 0 unspecified atom stereocenters. The Morgan fingerprint density at radius 1 is 0.581 bits per heavy atom. The molecule has 5 aromatic carbocycles. The molecule has 5 aromatic rings. The van der Waals surface area contributed by atoms with Gasteiger partial charge < -0.3 is 4.74 Å². The van der Waals surface area contributed by atoms with Crippen LogP contribution in [0.5, 0.6) is 11.5 Å². The van der Waals surface area contributed by atoms with Crippen molar-refractivity contribution in [1.82, 2.24) is 0 Å². The van der Waals surface area contributed by atoms with E-state index in [2.05, 4.69) is 91.0 Å². The molecule has 1 nitrogen and oxygen atoms in total. The Balaban J connectivity index is 1.73. The zero-order valence-corrected chi connectivity index (χ0v) is 17.4. The van der Waals surface area contributed by atoms with Crippen LogP contribution in [0.15, 0.2) is 103 Å². The highest BCUT2D eigenvalue weighted by atomic mass is 35.5. The summed E-state index contributed by atoms with van der Waals surface area (Å²) < 4.78 is 6.60. The SMILES string of the molecule is Clc1ccc2c(c1)Oc1c(ccc3ccccc13)C21c2ccccc2-c2ccccc21. The van der Waals surface area contributed by atoms with Gasteiger partial charge in [-0.05, 0) is 39.8 Å². The van der Waals surface area contributed by atoms with Gasteiger partial charge in [-0.1, -0.05) is 103 Å². The molecular formula is C29H17ClO. The molecule has 0 fully saturated rings. The zero-order valence-electron chi connectivity index (χ0n) is 16.6. The van der Waals surface area contributed by atoms with E-state index in [-0.39, 0.29) is 0 Å². The quantitative estimate of drug-likeness (QED) is 0.243. The van der Waals surface area contributed by atoms with Crippen molar-refractivity contribution in [3.63, 3.8) is 0 Å². The third-order valence-electron chi connectivity index (χ3n) is 6.80. The topological polar surface area (TPSA) is 9.23 Å². The largest absolute Gasteiger partial charge is 0.456 e. The first-order valence-electron chi connectivity index (χ1n) is 10.5. The lowest BCUT2D eigenvalue weighted by Gasteiger charge is -2.39. The average molecular weight is 417 g/mol. The van der Waals surface area contributed by atoms with Crippen LogP contribution >= 0.6 is 11.6 Å². The first-order valence-corrected chi connectivity index (χ1v) is 10.9. The molecule has 2 aliphatic rings. The molecule has 0 saturated heterocycles. The Hall–Kier alpha value is -3.55. The first-order chi connectivity index (χ1) is 15.3. The average Bonchev–Trinajstić information content (AvgIpc) is 3.10. The van der Waals surface area contributed by atoms with E-state index in [0.29, 0.717) is 5.02 Å².